The first kappa shape index (κ1) is 17.4. The summed E-state index contributed by atoms with van der Waals surface area (Å²) in [5.74, 6) is 1.73. The predicted octanol–water partition coefficient (Wildman–Crippen LogP) is 4.54. The molecule has 0 amide bonds. The summed E-state index contributed by atoms with van der Waals surface area (Å²) in [7, 11) is 0. The first-order chi connectivity index (χ1) is 12.0. The van der Waals surface area contributed by atoms with E-state index in [4.69, 9.17) is 9.47 Å². The molecule has 4 nitrogen and oxygen atoms in total. The van der Waals surface area contributed by atoms with E-state index in [2.05, 4.69) is 6.92 Å². The van der Waals surface area contributed by atoms with Crippen LogP contribution in [0.4, 0.5) is 0 Å². The monoisotopic (exact) mass is 348 g/mol. The zero-order valence-corrected chi connectivity index (χ0v) is 15.5. The van der Waals surface area contributed by atoms with Crippen molar-refractivity contribution in [2.45, 2.75) is 76.7 Å². The number of hydrogen-bond acceptors (Lipinski definition) is 3. The van der Waals surface area contributed by atoms with Crippen LogP contribution < -0.4 is 0 Å². The first-order valence-electron chi connectivity index (χ1n) is 10.2. The Bertz CT molecular complexity index is 511. The largest absolute Gasteiger partial charge is 0.498 e. The van der Waals surface area contributed by atoms with Crippen LogP contribution in [-0.2, 0) is 14.3 Å². The zero-order chi connectivity index (χ0) is 17.5. The lowest BCUT2D eigenvalue weighted by Gasteiger charge is -2.57. The van der Waals surface area contributed by atoms with Crippen molar-refractivity contribution in [1.29, 1.82) is 0 Å². The van der Waals surface area contributed by atoms with Crippen LogP contribution in [0.15, 0.2) is 11.8 Å². The fourth-order valence-corrected chi connectivity index (χ4v) is 6.60. The molecule has 0 aromatic heterocycles. The fraction of sp³-hybridized carbons (Fsp3) is 0.857. The molecule has 0 spiro atoms. The quantitative estimate of drug-likeness (QED) is 0.517. The first-order valence-corrected chi connectivity index (χ1v) is 10.2. The molecule has 0 aromatic carbocycles. The van der Waals surface area contributed by atoms with Crippen LogP contribution in [0.2, 0.25) is 0 Å². The lowest BCUT2D eigenvalue weighted by atomic mass is 9.48. The van der Waals surface area contributed by atoms with Crippen molar-refractivity contribution in [3.05, 3.63) is 11.8 Å². The molecule has 1 saturated heterocycles. The predicted molar refractivity (Wildman–Crippen MR) is 95.1 cm³/mol. The molecule has 1 N–H and O–H groups in total. The molecule has 25 heavy (non-hydrogen) atoms. The Hall–Kier alpha value is -1.03. The van der Waals surface area contributed by atoms with Gasteiger partial charge in [0.2, 0.25) is 0 Å². The van der Waals surface area contributed by atoms with Crippen LogP contribution in [0.1, 0.15) is 71.1 Å². The summed E-state index contributed by atoms with van der Waals surface area (Å²) >= 11 is 0. The van der Waals surface area contributed by atoms with Crippen LogP contribution in [0.25, 0.3) is 0 Å². The zero-order valence-electron chi connectivity index (χ0n) is 15.5. The molecule has 1 heterocycles. The van der Waals surface area contributed by atoms with E-state index in [1.165, 1.54) is 38.5 Å². The van der Waals surface area contributed by atoms with E-state index in [1.54, 1.807) is 6.26 Å². The van der Waals surface area contributed by atoms with Gasteiger partial charge in [-0.15, -0.1) is 0 Å². The molecule has 5 fully saturated rings. The van der Waals surface area contributed by atoms with E-state index >= 15 is 0 Å². The van der Waals surface area contributed by atoms with Gasteiger partial charge in [-0.3, -0.25) is 0 Å². The van der Waals surface area contributed by atoms with Gasteiger partial charge >= 0.3 is 5.97 Å². The third-order valence-corrected chi connectivity index (χ3v) is 7.25. The number of hydrogen-bond donors (Lipinski definition) is 1. The minimum Gasteiger partial charge on any atom is -0.498 e. The highest BCUT2D eigenvalue weighted by atomic mass is 16.6. The molecule has 1 atom stereocenters. The highest BCUT2D eigenvalue weighted by Gasteiger charge is 2.51. The van der Waals surface area contributed by atoms with Gasteiger partial charge < -0.3 is 14.6 Å². The van der Waals surface area contributed by atoms with Crippen LogP contribution >= 0.6 is 0 Å². The van der Waals surface area contributed by atoms with E-state index in [-0.39, 0.29) is 11.0 Å². The Morgan fingerprint density at radius 2 is 1.80 bits per heavy atom. The Kier molecular flexibility index (Phi) is 4.59. The van der Waals surface area contributed by atoms with Gasteiger partial charge in [-0.05, 0) is 74.5 Å². The average molecular weight is 348 g/mol. The summed E-state index contributed by atoms with van der Waals surface area (Å²) in [6.45, 7) is 3.43. The van der Waals surface area contributed by atoms with Crippen molar-refractivity contribution in [2.75, 3.05) is 13.2 Å². The molecule has 4 saturated carbocycles. The molecular weight excluding hydrogens is 316 g/mol. The van der Waals surface area contributed by atoms with Gasteiger partial charge in [-0.2, -0.15) is 0 Å². The van der Waals surface area contributed by atoms with Gasteiger partial charge in [0, 0.05) is 6.42 Å². The maximum Gasteiger partial charge on any atom is 0.334 e. The molecule has 5 aliphatic rings. The Labute approximate surface area is 151 Å². The lowest BCUT2D eigenvalue weighted by Crippen LogP contribution is -2.47. The number of carbonyl (C=O) groups is 1. The smallest absolute Gasteiger partial charge is 0.334 e. The van der Waals surface area contributed by atoms with E-state index in [1.807, 2.05) is 0 Å². The fourth-order valence-electron chi connectivity index (χ4n) is 6.60. The summed E-state index contributed by atoms with van der Waals surface area (Å²) in [6, 6.07) is 0. The summed E-state index contributed by atoms with van der Waals surface area (Å²) in [6.07, 6.45) is 13.1. The Balaban J connectivity index is 1.40. The SMILES string of the molecule is CCCC1(COC=C(CC23CC4CC(CC(C4)C2)C3)C(=O)O)CCO1. The minimum atomic E-state index is -0.810. The van der Waals surface area contributed by atoms with Crippen LogP contribution in [0.5, 0.6) is 0 Å². The summed E-state index contributed by atoms with van der Waals surface area (Å²) in [4.78, 5) is 11.8. The van der Waals surface area contributed by atoms with Gasteiger partial charge in [0.1, 0.15) is 12.2 Å². The molecule has 1 unspecified atom stereocenters. The third-order valence-electron chi connectivity index (χ3n) is 7.25. The second-order valence-electron chi connectivity index (χ2n) is 9.39. The molecule has 0 radical (unpaired) electrons. The minimum absolute atomic E-state index is 0.171. The van der Waals surface area contributed by atoms with Gasteiger partial charge in [-0.1, -0.05) is 13.3 Å². The third kappa shape index (κ3) is 3.47. The molecule has 1 aliphatic heterocycles. The molecule has 140 valence electrons. The number of aliphatic carboxylic acids is 1. The second-order valence-corrected chi connectivity index (χ2v) is 9.39. The van der Waals surface area contributed by atoms with Crippen molar-refractivity contribution < 1.29 is 19.4 Å². The maximum atomic E-state index is 11.8. The Morgan fingerprint density at radius 3 is 2.24 bits per heavy atom. The Morgan fingerprint density at radius 1 is 1.20 bits per heavy atom. The molecule has 0 aromatic rings. The average Bonchev–Trinajstić information content (AvgIpc) is 2.49. The second kappa shape index (κ2) is 6.61. The van der Waals surface area contributed by atoms with Gasteiger partial charge in [0.25, 0.3) is 0 Å². The molecular formula is C21H32O4. The van der Waals surface area contributed by atoms with Gasteiger partial charge in [-0.25, -0.2) is 4.79 Å². The van der Waals surface area contributed by atoms with E-state index in [0.29, 0.717) is 18.6 Å². The topological polar surface area (TPSA) is 55.8 Å². The van der Waals surface area contributed by atoms with Crippen molar-refractivity contribution in [1.82, 2.24) is 0 Å². The number of ether oxygens (including phenoxy) is 2. The number of rotatable bonds is 8. The van der Waals surface area contributed by atoms with Gasteiger partial charge in [0.05, 0.1) is 18.4 Å². The van der Waals surface area contributed by atoms with E-state index in [0.717, 1.165) is 43.6 Å². The highest BCUT2D eigenvalue weighted by molar-refractivity contribution is 5.86. The standard InChI is InChI=1S/C21H32O4/c1-2-3-21(4-5-25-21)14-24-13-18(19(22)23)12-20-9-15-6-16(10-20)8-17(7-15)11-20/h13,15-17H,2-12,14H2,1H3,(H,22,23). The summed E-state index contributed by atoms with van der Waals surface area (Å²) in [5.41, 5.74) is 0.527. The number of carboxylic acids is 1. The lowest BCUT2D eigenvalue weighted by molar-refractivity contribution is -0.175. The molecule has 4 heteroatoms. The van der Waals surface area contributed by atoms with Crippen molar-refractivity contribution in [2.24, 2.45) is 23.2 Å². The maximum absolute atomic E-state index is 11.8. The number of carboxylic acid groups (broad SMARTS) is 1. The van der Waals surface area contributed by atoms with Crippen LogP contribution in [0, 0.1) is 23.2 Å². The van der Waals surface area contributed by atoms with E-state index in [9.17, 15) is 9.90 Å². The molecule has 5 rings (SSSR count). The van der Waals surface area contributed by atoms with Crippen LogP contribution in [0.3, 0.4) is 0 Å². The molecule has 4 bridgehead atoms. The highest BCUT2D eigenvalue weighted by Crippen LogP contribution is 2.62. The van der Waals surface area contributed by atoms with Crippen molar-refractivity contribution in [3.8, 4) is 0 Å². The van der Waals surface area contributed by atoms with Gasteiger partial charge in [0.15, 0.2) is 0 Å². The van der Waals surface area contributed by atoms with E-state index < -0.39 is 5.97 Å². The summed E-state index contributed by atoms with van der Waals surface area (Å²) in [5, 5.41) is 9.70. The molecule has 4 aliphatic carbocycles. The van der Waals surface area contributed by atoms with Crippen molar-refractivity contribution >= 4 is 5.97 Å². The van der Waals surface area contributed by atoms with Crippen LogP contribution in [-0.4, -0.2) is 29.9 Å². The normalized spacial score (nSPS) is 42.3. The summed E-state index contributed by atoms with van der Waals surface area (Å²) < 4.78 is 11.5. The van der Waals surface area contributed by atoms with Crippen molar-refractivity contribution in [3.63, 3.8) is 0 Å².